The molecule has 1 aliphatic heterocycles. The van der Waals surface area contributed by atoms with Crippen molar-refractivity contribution in [2.75, 3.05) is 6.61 Å². The van der Waals surface area contributed by atoms with Crippen molar-refractivity contribution in [3.63, 3.8) is 0 Å². The maximum atomic E-state index is 13.4. The summed E-state index contributed by atoms with van der Waals surface area (Å²) in [6.07, 6.45) is 1.34. The van der Waals surface area contributed by atoms with Crippen molar-refractivity contribution in [3.05, 3.63) is 34.9 Å². The molecule has 0 saturated carbocycles. The van der Waals surface area contributed by atoms with Crippen LogP contribution in [0.4, 0.5) is 4.39 Å². The van der Waals surface area contributed by atoms with Crippen LogP contribution >= 0.6 is 24.0 Å². The molecular weight excluding hydrogens is 320 g/mol. The zero-order chi connectivity index (χ0) is 14.1. The van der Waals surface area contributed by atoms with Crippen molar-refractivity contribution in [2.45, 2.75) is 25.0 Å². The predicted molar refractivity (Wildman–Crippen MR) is 77.9 cm³/mol. The second-order valence-electron chi connectivity index (χ2n) is 4.73. The van der Waals surface area contributed by atoms with Gasteiger partial charge in [-0.1, -0.05) is 11.6 Å². The maximum Gasteiger partial charge on any atom is 0.247 e. The molecule has 1 saturated heterocycles. The largest absolute Gasteiger partial charge is 0.418 e. The number of rotatable bonds is 2. The van der Waals surface area contributed by atoms with Gasteiger partial charge in [-0.2, -0.15) is 0 Å². The second-order valence-corrected chi connectivity index (χ2v) is 5.14. The van der Waals surface area contributed by atoms with E-state index >= 15 is 0 Å². The minimum Gasteiger partial charge on any atom is -0.418 e. The molecule has 2 N–H and O–H groups in total. The Hall–Kier alpha value is -1.21. The van der Waals surface area contributed by atoms with Gasteiger partial charge in [-0.15, -0.1) is 22.6 Å². The fraction of sp³-hybridized carbons (Fsp3) is 0.385. The fourth-order valence-electron chi connectivity index (χ4n) is 2.08. The van der Waals surface area contributed by atoms with Crippen LogP contribution in [0.5, 0.6) is 0 Å². The summed E-state index contributed by atoms with van der Waals surface area (Å²) >= 11 is 5.64. The number of nitrogens with two attached hydrogens (primary N) is 1. The minimum atomic E-state index is -0.524. The maximum absolute atomic E-state index is 13.4. The quantitative estimate of drug-likeness (QED) is 0.913. The SMILES string of the molecule is Cl.N[C@@H]1CC[C@@H](c2nnc(-c3ccc(Cl)c(F)c3)o2)OC1. The van der Waals surface area contributed by atoms with Crippen molar-refractivity contribution in [3.8, 4) is 11.5 Å². The van der Waals surface area contributed by atoms with Crippen LogP contribution in [0.3, 0.4) is 0 Å². The molecular formula is C13H14Cl2FN3O2. The number of aromatic nitrogens is 2. The van der Waals surface area contributed by atoms with Gasteiger partial charge in [0.2, 0.25) is 11.8 Å². The zero-order valence-corrected chi connectivity index (χ0v) is 12.5. The summed E-state index contributed by atoms with van der Waals surface area (Å²) in [4.78, 5) is 0. The molecule has 1 fully saturated rings. The summed E-state index contributed by atoms with van der Waals surface area (Å²) in [6.45, 7) is 0.470. The Morgan fingerprint density at radius 3 is 2.76 bits per heavy atom. The Balaban J connectivity index is 0.00000161. The first kappa shape index (κ1) is 16.2. The van der Waals surface area contributed by atoms with Gasteiger partial charge in [0, 0.05) is 11.6 Å². The second kappa shape index (κ2) is 6.70. The molecule has 2 heterocycles. The Bertz CT molecular complexity index is 615. The number of hydrogen-bond donors (Lipinski definition) is 1. The van der Waals surface area contributed by atoms with Crippen molar-refractivity contribution in [1.29, 1.82) is 0 Å². The fourth-order valence-corrected chi connectivity index (χ4v) is 2.19. The number of ether oxygens (including phenoxy) is 1. The van der Waals surface area contributed by atoms with Crippen LogP contribution in [0.15, 0.2) is 22.6 Å². The van der Waals surface area contributed by atoms with E-state index in [2.05, 4.69) is 10.2 Å². The van der Waals surface area contributed by atoms with Gasteiger partial charge in [-0.05, 0) is 31.0 Å². The van der Waals surface area contributed by atoms with E-state index in [1.165, 1.54) is 12.1 Å². The van der Waals surface area contributed by atoms with Gasteiger partial charge in [-0.3, -0.25) is 0 Å². The van der Waals surface area contributed by atoms with Gasteiger partial charge >= 0.3 is 0 Å². The molecule has 21 heavy (non-hydrogen) atoms. The molecule has 3 rings (SSSR count). The van der Waals surface area contributed by atoms with Crippen LogP contribution in [0.1, 0.15) is 24.8 Å². The summed E-state index contributed by atoms with van der Waals surface area (Å²) in [6, 6.07) is 4.39. The number of benzene rings is 1. The standard InChI is InChI=1S/C13H13ClFN3O2.ClH/c14-9-3-1-7(5-10(9)15)12-17-18-13(20-12)11-4-2-8(16)6-19-11;/h1,3,5,8,11H,2,4,6,16H2;1H/t8-,11+;/m1./s1. The highest BCUT2D eigenvalue weighted by molar-refractivity contribution is 6.30. The van der Waals surface area contributed by atoms with E-state index in [9.17, 15) is 4.39 Å². The van der Waals surface area contributed by atoms with Crippen LogP contribution in [-0.2, 0) is 4.74 Å². The molecule has 0 amide bonds. The van der Waals surface area contributed by atoms with Crippen LogP contribution in [-0.4, -0.2) is 22.8 Å². The monoisotopic (exact) mass is 333 g/mol. The number of hydrogen-bond acceptors (Lipinski definition) is 5. The first-order chi connectivity index (χ1) is 9.63. The summed E-state index contributed by atoms with van der Waals surface area (Å²) in [5, 5.41) is 7.92. The van der Waals surface area contributed by atoms with Crippen molar-refractivity contribution >= 4 is 24.0 Å². The van der Waals surface area contributed by atoms with Gasteiger partial charge in [0.25, 0.3) is 0 Å². The Labute approximate surface area is 132 Å². The average Bonchev–Trinajstić information content (AvgIpc) is 2.92. The van der Waals surface area contributed by atoms with Crippen LogP contribution < -0.4 is 5.73 Å². The van der Waals surface area contributed by atoms with Gasteiger partial charge in [-0.25, -0.2) is 4.39 Å². The Kier molecular flexibility index (Phi) is 5.16. The molecule has 8 heteroatoms. The van der Waals surface area contributed by atoms with Crippen molar-refractivity contribution < 1.29 is 13.5 Å². The molecule has 2 aromatic rings. The predicted octanol–water partition coefficient (Wildman–Crippen LogP) is 3.13. The highest BCUT2D eigenvalue weighted by Gasteiger charge is 2.25. The van der Waals surface area contributed by atoms with E-state index in [4.69, 9.17) is 26.5 Å². The van der Waals surface area contributed by atoms with E-state index in [0.717, 1.165) is 12.8 Å². The minimum absolute atomic E-state index is 0. The molecule has 0 radical (unpaired) electrons. The van der Waals surface area contributed by atoms with Crippen LogP contribution in [0.25, 0.3) is 11.5 Å². The lowest BCUT2D eigenvalue weighted by molar-refractivity contribution is -0.0111. The van der Waals surface area contributed by atoms with E-state index in [1.807, 2.05) is 0 Å². The molecule has 2 atom stereocenters. The molecule has 114 valence electrons. The molecule has 0 unspecified atom stereocenters. The normalized spacial score (nSPS) is 21.9. The molecule has 0 bridgehead atoms. The van der Waals surface area contributed by atoms with E-state index in [1.54, 1.807) is 6.07 Å². The summed E-state index contributed by atoms with van der Waals surface area (Å²) in [5.41, 5.74) is 6.24. The van der Waals surface area contributed by atoms with E-state index in [0.29, 0.717) is 18.1 Å². The average molecular weight is 334 g/mol. The van der Waals surface area contributed by atoms with Crippen LogP contribution in [0, 0.1) is 5.82 Å². The van der Waals surface area contributed by atoms with Crippen LogP contribution in [0.2, 0.25) is 5.02 Å². The van der Waals surface area contributed by atoms with Crippen molar-refractivity contribution in [1.82, 2.24) is 10.2 Å². The number of halogens is 3. The van der Waals surface area contributed by atoms with Gasteiger partial charge in [0.1, 0.15) is 11.9 Å². The lowest BCUT2D eigenvalue weighted by Gasteiger charge is -2.24. The van der Waals surface area contributed by atoms with Gasteiger partial charge < -0.3 is 14.9 Å². The molecule has 5 nitrogen and oxygen atoms in total. The number of nitrogens with zero attached hydrogens (tertiary/aromatic N) is 2. The third-order valence-corrected chi connectivity index (χ3v) is 3.50. The summed E-state index contributed by atoms with van der Waals surface area (Å²) < 4.78 is 24.5. The topological polar surface area (TPSA) is 74.2 Å². The molecule has 1 aromatic carbocycles. The lowest BCUT2D eigenvalue weighted by atomic mass is 10.1. The summed E-state index contributed by atoms with van der Waals surface area (Å²) in [5.74, 6) is 0.111. The molecule has 0 spiro atoms. The Morgan fingerprint density at radius 1 is 1.29 bits per heavy atom. The summed E-state index contributed by atoms with van der Waals surface area (Å²) in [7, 11) is 0. The third-order valence-electron chi connectivity index (χ3n) is 3.19. The van der Waals surface area contributed by atoms with E-state index in [-0.39, 0.29) is 35.5 Å². The van der Waals surface area contributed by atoms with Gasteiger partial charge in [0.15, 0.2) is 0 Å². The highest BCUT2D eigenvalue weighted by atomic mass is 35.5. The highest BCUT2D eigenvalue weighted by Crippen LogP contribution is 2.29. The van der Waals surface area contributed by atoms with E-state index < -0.39 is 5.82 Å². The van der Waals surface area contributed by atoms with Crippen molar-refractivity contribution in [2.24, 2.45) is 5.73 Å². The zero-order valence-electron chi connectivity index (χ0n) is 11.0. The molecule has 1 aliphatic rings. The molecule has 0 aliphatic carbocycles. The molecule has 1 aromatic heterocycles. The lowest BCUT2D eigenvalue weighted by Crippen LogP contribution is -2.32. The first-order valence-corrected chi connectivity index (χ1v) is 6.67. The van der Waals surface area contributed by atoms with Gasteiger partial charge in [0.05, 0.1) is 11.6 Å². The smallest absolute Gasteiger partial charge is 0.247 e. The third kappa shape index (κ3) is 3.52. The Morgan fingerprint density at radius 2 is 2.10 bits per heavy atom. The first-order valence-electron chi connectivity index (χ1n) is 6.29.